The van der Waals surface area contributed by atoms with Gasteiger partial charge in [0.25, 0.3) is 5.91 Å². The Hall–Kier alpha value is -2.06. The van der Waals surface area contributed by atoms with E-state index in [9.17, 15) is 4.79 Å². The van der Waals surface area contributed by atoms with Crippen molar-refractivity contribution in [2.24, 2.45) is 5.10 Å². The molecule has 0 heterocycles. The van der Waals surface area contributed by atoms with Gasteiger partial charge in [-0.2, -0.15) is 5.10 Å². The van der Waals surface area contributed by atoms with Gasteiger partial charge in [0.2, 0.25) is 0 Å². The maximum absolute atomic E-state index is 11.9. The van der Waals surface area contributed by atoms with E-state index in [1.165, 1.54) is 6.21 Å². The molecule has 2 rings (SSSR count). The molecule has 0 aliphatic rings. The summed E-state index contributed by atoms with van der Waals surface area (Å²) in [5.74, 6) is 1.52. The van der Waals surface area contributed by atoms with Crippen molar-refractivity contribution in [3.05, 3.63) is 50.9 Å². The number of ether oxygens (including phenoxy) is 3. The average molecular weight is 500 g/mol. The first-order valence-corrected chi connectivity index (χ1v) is 9.91. The number of nitrogens with zero attached hydrogens (tertiary/aromatic N) is 1. The highest BCUT2D eigenvalue weighted by molar-refractivity contribution is 9.11. The zero-order valence-corrected chi connectivity index (χ0v) is 18.2. The predicted octanol–water partition coefficient (Wildman–Crippen LogP) is 4.54. The van der Waals surface area contributed by atoms with E-state index in [-0.39, 0.29) is 12.5 Å². The first kappa shape index (κ1) is 21.2. The maximum Gasteiger partial charge on any atom is 0.277 e. The average Bonchev–Trinajstić information content (AvgIpc) is 2.63. The van der Waals surface area contributed by atoms with Crippen molar-refractivity contribution < 1.29 is 19.0 Å². The number of halogens is 2. The highest BCUT2D eigenvalue weighted by Gasteiger charge is 2.07. The van der Waals surface area contributed by atoms with Crippen molar-refractivity contribution in [3.8, 4) is 17.2 Å². The molecule has 8 heteroatoms. The monoisotopic (exact) mass is 498 g/mol. The number of rotatable bonds is 9. The maximum atomic E-state index is 11.9. The quantitative estimate of drug-likeness (QED) is 0.406. The van der Waals surface area contributed by atoms with Gasteiger partial charge in [-0.1, -0.05) is 15.9 Å². The lowest BCUT2D eigenvalue weighted by molar-refractivity contribution is -0.123. The summed E-state index contributed by atoms with van der Waals surface area (Å²) in [6.45, 7) is 4.75. The van der Waals surface area contributed by atoms with Crippen LogP contribution in [0.1, 0.15) is 19.4 Å². The molecular formula is C19H20Br2N2O4. The zero-order chi connectivity index (χ0) is 19.6. The van der Waals surface area contributed by atoms with Gasteiger partial charge >= 0.3 is 0 Å². The van der Waals surface area contributed by atoms with Crippen LogP contribution in [0.5, 0.6) is 17.2 Å². The summed E-state index contributed by atoms with van der Waals surface area (Å²) in [6.07, 6.45) is 1.53. The van der Waals surface area contributed by atoms with Crippen molar-refractivity contribution >= 4 is 44.0 Å². The standard InChI is InChI=1S/C19H20Br2N2O4/c1-3-25-17-7-5-13(9-18(17)26-4-2)11-22-23-19(24)12-27-16-8-6-14(20)10-15(16)21/h5-11H,3-4,12H2,1-2H3,(H,23,24)/b22-11+. The lowest BCUT2D eigenvalue weighted by Crippen LogP contribution is -2.24. The van der Waals surface area contributed by atoms with Crippen LogP contribution in [-0.2, 0) is 4.79 Å². The molecule has 2 aromatic carbocycles. The van der Waals surface area contributed by atoms with E-state index >= 15 is 0 Å². The van der Waals surface area contributed by atoms with Gasteiger partial charge in [0.05, 0.1) is 23.9 Å². The Morgan fingerprint density at radius 3 is 2.41 bits per heavy atom. The smallest absolute Gasteiger partial charge is 0.277 e. The topological polar surface area (TPSA) is 69.2 Å². The van der Waals surface area contributed by atoms with Crippen molar-refractivity contribution in [1.82, 2.24) is 5.43 Å². The van der Waals surface area contributed by atoms with Gasteiger partial charge in [-0.3, -0.25) is 4.79 Å². The van der Waals surface area contributed by atoms with Gasteiger partial charge in [0.1, 0.15) is 5.75 Å². The number of nitrogens with one attached hydrogen (secondary N) is 1. The van der Waals surface area contributed by atoms with Gasteiger partial charge in [-0.25, -0.2) is 5.43 Å². The Labute approximate surface area is 175 Å². The van der Waals surface area contributed by atoms with Crippen LogP contribution < -0.4 is 19.6 Å². The van der Waals surface area contributed by atoms with Crippen LogP contribution in [0.4, 0.5) is 0 Å². The van der Waals surface area contributed by atoms with E-state index in [1.807, 2.05) is 38.1 Å². The molecule has 0 saturated heterocycles. The molecule has 1 amide bonds. The number of carbonyl (C=O) groups excluding carboxylic acids is 1. The number of benzene rings is 2. The largest absolute Gasteiger partial charge is 0.490 e. The summed E-state index contributed by atoms with van der Waals surface area (Å²) in [5.41, 5.74) is 3.21. The number of hydrazone groups is 1. The van der Waals surface area contributed by atoms with Gasteiger partial charge in [-0.15, -0.1) is 0 Å². The first-order valence-electron chi connectivity index (χ1n) is 8.32. The molecule has 1 N–H and O–H groups in total. The first-order chi connectivity index (χ1) is 13.0. The highest BCUT2D eigenvalue weighted by atomic mass is 79.9. The van der Waals surface area contributed by atoms with Crippen LogP contribution in [0.15, 0.2) is 50.4 Å². The molecule has 0 aliphatic heterocycles. The normalized spacial score (nSPS) is 10.7. The molecular weight excluding hydrogens is 480 g/mol. The zero-order valence-electron chi connectivity index (χ0n) is 15.0. The fourth-order valence-corrected chi connectivity index (χ4v) is 3.26. The fourth-order valence-electron chi connectivity index (χ4n) is 2.09. The van der Waals surface area contributed by atoms with Gasteiger partial charge < -0.3 is 14.2 Å². The Morgan fingerprint density at radius 1 is 1.00 bits per heavy atom. The molecule has 0 spiro atoms. The molecule has 144 valence electrons. The molecule has 0 aromatic heterocycles. The molecule has 6 nitrogen and oxygen atoms in total. The molecule has 0 bridgehead atoms. The van der Waals surface area contributed by atoms with Crippen molar-refractivity contribution in [3.63, 3.8) is 0 Å². The van der Waals surface area contributed by atoms with E-state index in [0.29, 0.717) is 30.5 Å². The molecule has 27 heavy (non-hydrogen) atoms. The second-order valence-corrected chi connectivity index (χ2v) is 7.00. The molecule has 0 atom stereocenters. The third-order valence-corrected chi connectivity index (χ3v) is 4.34. The van der Waals surface area contributed by atoms with Crippen LogP contribution in [0.25, 0.3) is 0 Å². The number of hydrogen-bond donors (Lipinski definition) is 1. The Bertz CT molecular complexity index is 812. The van der Waals surface area contributed by atoms with E-state index in [1.54, 1.807) is 12.1 Å². The van der Waals surface area contributed by atoms with Crippen LogP contribution >= 0.6 is 31.9 Å². The minimum absolute atomic E-state index is 0.148. The summed E-state index contributed by atoms with van der Waals surface area (Å²) in [5, 5.41) is 3.95. The minimum atomic E-state index is -0.364. The minimum Gasteiger partial charge on any atom is -0.490 e. The van der Waals surface area contributed by atoms with Gasteiger partial charge in [-0.05, 0) is 71.7 Å². The molecule has 0 aliphatic carbocycles. The Kier molecular flexibility index (Phi) is 8.60. The van der Waals surface area contributed by atoms with E-state index in [0.717, 1.165) is 14.5 Å². The number of carbonyl (C=O) groups is 1. The van der Waals surface area contributed by atoms with Crippen LogP contribution in [-0.4, -0.2) is 31.9 Å². The molecule has 0 fully saturated rings. The molecule has 0 radical (unpaired) electrons. The highest BCUT2D eigenvalue weighted by Crippen LogP contribution is 2.28. The Balaban J connectivity index is 1.90. The van der Waals surface area contributed by atoms with Crippen LogP contribution in [0.2, 0.25) is 0 Å². The van der Waals surface area contributed by atoms with Crippen molar-refractivity contribution in [2.75, 3.05) is 19.8 Å². The summed E-state index contributed by atoms with van der Waals surface area (Å²) in [4.78, 5) is 11.9. The van der Waals surface area contributed by atoms with Crippen LogP contribution in [0, 0.1) is 0 Å². The lowest BCUT2D eigenvalue weighted by Gasteiger charge is -2.11. The van der Waals surface area contributed by atoms with Crippen molar-refractivity contribution in [1.29, 1.82) is 0 Å². The van der Waals surface area contributed by atoms with Crippen molar-refractivity contribution in [2.45, 2.75) is 13.8 Å². The van der Waals surface area contributed by atoms with E-state index in [2.05, 4.69) is 42.4 Å². The number of hydrogen-bond acceptors (Lipinski definition) is 5. The lowest BCUT2D eigenvalue weighted by atomic mass is 10.2. The fraction of sp³-hybridized carbons (Fsp3) is 0.263. The number of amides is 1. The second-order valence-electron chi connectivity index (χ2n) is 5.23. The van der Waals surface area contributed by atoms with E-state index in [4.69, 9.17) is 14.2 Å². The summed E-state index contributed by atoms with van der Waals surface area (Å²) in [7, 11) is 0. The molecule has 0 unspecified atom stereocenters. The van der Waals surface area contributed by atoms with E-state index < -0.39 is 0 Å². The van der Waals surface area contributed by atoms with Gasteiger partial charge in [0.15, 0.2) is 18.1 Å². The van der Waals surface area contributed by atoms with Crippen LogP contribution in [0.3, 0.4) is 0 Å². The summed E-state index contributed by atoms with van der Waals surface area (Å²) >= 11 is 6.74. The Morgan fingerprint density at radius 2 is 1.70 bits per heavy atom. The third kappa shape index (κ3) is 6.88. The van der Waals surface area contributed by atoms with Gasteiger partial charge in [0, 0.05) is 4.47 Å². The summed E-state index contributed by atoms with van der Waals surface area (Å²) < 4.78 is 18.2. The molecule has 0 saturated carbocycles. The predicted molar refractivity (Wildman–Crippen MR) is 112 cm³/mol. The third-order valence-electron chi connectivity index (χ3n) is 3.22. The second kappa shape index (κ2) is 10.9. The molecule has 2 aromatic rings. The SMILES string of the molecule is CCOc1ccc(/C=N/NC(=O)COc2ccc(Br)cc2Br)cc1OCC. The summed E-state index contributed by atoms with van der Waals surface area (Å²) in [6, 6.07) is 10.9.